The topological polar surface area (TPSA) is 0 Å². The van der Waals surface area contributed by atoms with Crippen molar-refractivity contribution in [3.63, 3.8) is 0 Å². The summed E-state index contributed by atoms with van der Waals surface area (Å²) < 4.78 is 0. The van der Waals surface area contributed by atoms with E-state index in [2.05, 4.69) is 13.2 Å². The monoisotopic (exact) mass is 144 g/mol. The highest BCUT2D eigenvalue weighted by molar-refractivity contribution is 6.31. The van der Waals surface area contributed by atoms with Gasteiger partial charge in [0.25, 0.3) is 0 Å². The molecule has 0 heterocycles. The fourth-order valence-electron chi connectivity index (χ4n) is 0.181. The maximum absolute atomic E-state index is 5.44. The third-order valence-corrected chi connectivity index (χ3v) is 0.752. The molecule has 0 aromatic carbocycles. The lowest BCUT2D eigenvalue weighted by atomic mass is 10.5. The van der Waals surface area contributed by atoms with Gasteiger partial charge in [-0.2, -0.15) is 0 Å². The average molecular weight is 145 g/mol. The Labute approximate surface area is 62.5 Å². The molecule has 1 heteroatoms. The summed E-state index contributed by atoms with van der Waals surface area (Å²) in [6, 6.07) is 0. The molecule has 0 atom stereocenters. The van der Waals surface area contributed by atoms with Gasteiger partial charge in [0, 0.05) is 5.03 Å². The number of allylic oxidation sites excluding steroid dienone is 4. The van der Waals surface area contributed by atoms with Crippen molar-refractivity contribution in [2.75, 3.05) is 0 Å². The maximum atomic E-state index is 5.44. The van der Waals surface area contributed by atoms with E-state index < -0.39 is 0 Å². The first-order chi connectivity index (χ1) is 4.31. The first-order valence-electron chi connectivity index (χ1n) is 2.92. The third kappa shape index (κ3) is 11.2. The Balaban J connectivity index is 0. The van der Waals surface area contributed by atoms with E-state index in [0.717, 1.165) is 0 Å². The molecular formula is C8H13Cl. The molecule has 0 nitrogen and oxygen atoms in total. The third-order valence-electron chi connectivity index (χ3n) is 0.472. The fraction of sp³-hybridized carbons (Fsp3) is 0.250. The second-order valence-corrected chi connectivity index (χ2v) is 1.43. The van der Waals surface area contributed by atoms with Crippen molar-refractivity contribution in [2.24, 2.45) is 0 Å². The molecule has 0 aliphatic heterocycles. The molecule has 0 unspecified atom stereocenters. The Morgan fingerprint density at radius 2 is 1.78 bits per heavy atom. The van der Waals surface area contributed by atoms with E-state index in [0.29, 0.717) is 5.03 Å². The molecule has 0 fully saturated rings. The summed E-state index contributed by atoms with van der Waals surface area (Å²) in [4.78, 5) is 0. The van der Waals surface area contributed by atoms with Crippen LogP contribution in [0.5, 0.6) is 0 Å². The molecule has 0 aromatic heterocycles. The molecule has 0 rings (SSSR count). The first kappa shape index (κ1) is 11.3. The van der Waals surface area contributed by atoms with Gasteiger partial charge in [-0.15, -0.1) is 0 Å². The van der Waals surface area contributed by atoms with Gasteiger partial charge in [0.05, 0.1) is 0 Å². The van der Waals surface area contributed by atoms with Gasteiger partial charge in [0.15, 0.2) is 0 Å². The van der Waals surface area contributed by atoms with Gasteiger partial charge in [-0.25, -0.2) is 0 Å². The Hall–Kier alpha value is -0.490. The summed E-state index contributed by atoms with van der Waals surface area (Å²) in [6.45, 7) is 10.9. The van der Waals surface area contributed by atoms with Crippen molar-refractivity contribution in [3.05, 3.63) is 36.4 Å². The van der Waals surface area contributed by atoms with Crippen LogP contribution in [0.4, 0.5) is 0 Å². The lowest BCUT2D eigenvalue weighted by Crippen LogP contribution is -1.53. The van der Waals surface area contributed by atoms with Gasteiger partial charge in [-0.1, -0.05) is 50.8 Å². The zero-order chi connectivity index (χ0) is 7.70. The van der Waals surface area contributed by atoms with Gasteiger partial charge in [-0.3, -0.25) is 0 Å². The molecule has 0 saturated carbocycles. The Morgan fingerprint density at radius 3 is 1.89 bits per heavy atom. The molecule has 0 N–H and O–H groups in total. The minimum absolute atomic E-state index is 0.620. The number of rotatable bonds is 2. The van der Waals surface area contributed by atoms with Crippen LogP contribution in [0, 0.1) is 0 Å². The summed E-state index contributed by atoms with van der Waals surface area (Å²) in [7, 11) is 0. The van der Waals surface area contributed by atoms with E-state index in [4.69, 9.17) is 11.6 Å². The predicted octanol–water partition coefficient (Wildman–Crippen LogP) is 3.51. The normalized spacial score (nSPS) is 9.00. The van der Waals surface area contributed by atoms with E-state index in [1.165, 1.54) is 0 Å². The summed E-state index contributed by atoms with van der Waals surface area (Å²) in [5.74, 6) is 0. The van der Waals surface area contributed by atoms with Crippen LogP contribution in [0.25, 0.3) is 0 Å². The van der Waals surface area contributed by atoms with Gasteiger partial charge < -0.3 is 0 Å². The highest BCUT2D eigenvalue weighted by Crippen LogP contribution is 1.99. The first-order valence-corrected chi connectivity index (χ1v) is 3.29. The molecule has 0 saturated heterocycles. The van der Waals surface area contributed by atoms with Crippen LogP contribution in [-0.4, -0.2) is 0 Å². The SMILES string of the molecule is C=C/C=C(/Cl)C=C.CC. The minimum atomic E-state index is 0.620. The maximum Gasteiger partial charge on any atom is 0.0399 e. The molecule has 0 spiro atoms. The largest absolute Gasteiger partial charge is 0.0990 e. The molecule has 52 valence electrons. The zero-order valence-corrected chi connectivity index (χ0v) is 6.78. The molecule has 0 radical (unpaired) electrons. The number of hydrogen-bond acceptors (Lipinski definition) is 0. The summed E-state index contributed by atoms with van der Waals surface area (Å²) in [5.41, 5.74) is 0. The summed E-state index contributed by atoms with van der Waals surface area (Å²) in [6.07, 6.45) is 4.85. The molecule has 0 bridgehead atoms. The Kier molecular flexibility index (Phi) is 13.2. The highest BCUT2D eigenvalue weighted by atomic mass is 35.5. The molecule has 0 amide bonds. The summed E-state index contributed by atoms with van der Waals surface area (Å²) in [5, 5.41) is 0.620. The Morgan fingerprint density at radius 1 is 1.33 bits per heavy atom. The second kappa shape index (κ2) is 10.5. The molecular weight excluding hydrogens is 132 g/mol. The van der Waals surface area contributed by atoms with Gasteiger partial charge in [0.1, 0.15) is 0 Å². The van der Waals surface area contributed by atoms with E-state index in [1.54, 1.807) is 18.2 Å². The van der Waals surface area contributed by atoms with Gasteiger partial charge in [-0.05, 0) is 6.08 Å². The van der Waals surface area contributed by atoms with Crippen LogP contribution in [0.1, 0.15) is 13.8 Å². The standard InChI is InChI=1S/C6H7Cl.C2H6/c1-3-5-6(7)4-2;1-2/h3-5H,1-2H2;1-2H3/b6-5+;. The van der Waals surface area contributed by atoms with Crippen molar-refractivity contribution < 1.29 is 0 Å². The van der Waals surface area contributed by atoms with Crippen LogP contribution in [0.2, 0.25) is 0 Å². The molecule has 0 aliphatic rings. The lowest BCUT2D eigenvalue weighted by molar-refractivity contribution is 1.50. The zero-order valence-electron chi connectivity index (χ0n) is 6.02. The van der Waals surface area contributed by atoms with Crippen molar-refractivity contribution in [1.82, 2.24) is 0 Å². The van der Waals surface area contributed by atoms with Gasteiger partial charge in [0.2, 0.25) is 0 Å². The van der Waals surface area contributed by atoms with E-state index in [1.807, 2.05) is 13.8 Å². The molecule has 0 aliphatic carbocycles. The quantitative estimate of drug-likeness (QED) is 0.521. The Bertz CT molecular complexity index is 101. The van der Waals surface area contributed by atoms with E-state index >= 15 is 0 Å². The van der Waals surface area contributed by atoms with Crippen molar-refractivity contribution in [2.45, 2.75) is 13.8 Å². The number of halogens is 1. The average Bonchev–Trinajstić information content (AvgIpc) is 1.93. The van der Waals surface area contributed by atoms with E-state index in [-0.39, 0.29) is 0 Å². The smallest absolute Gasteiger partial charge is 0.0399 e. The van der Waals surface area contributed by atoms with Crippen LogP contribution in [0.15, 0.2) is 36.4 Å². The van der Waals surface area contributed by atoms with Crippen molar-refractivity contribution in [1.29, 1.82) is 0 Å². The minimum Gasteiger partial charge on any atom is -0.0990 e. The fourth-order valence-corrected chi connectivity index (χ4v) is 0.270. The van der Waals surface area contributed by atoms with Crippen LogP contribution < -0.4 is 0 Å². The highest BCUT2D eigenvalue weighted by Gasteiger charge is 1.72. The molecule has 0 aromatic rings. The van der Waals surface area contributed by atoms with Gasteiger partial charge >= 0.3 is 0 Å². The van der Waals surface area contributed by atoms with Crippen molar-refractivity contribution >= 4 is 11.6 Å². The second-order valence-electron chi connectivity index (χ2n) is 0.991. The number of hydrogen-bond donors (Lipinski definition) is 0. The lowest BCUT2D eigenvalue weighted by Gasteiger charge is -1.76. The van der Waals surface area contributed by atoms with Crippen molar-refractivity contribution in [3.8, 4) is 0 Å². The molecule has 9 heavy (non-hydrogen) atoms. The van der Waals surface area contributed by atoms with E-state index in [9.17, 15) is 0 Å². The predicted molar refractivity (Wildman–Crippen MR) is 45.7 cm³/mol. The van der Waals surface area contributed by atoms with Crippen LogP contribution >= 0.6 is 11.6 Å². The van der Waals surface area contributed by atoms with Crippen LogP contribution in [-0.2, 0) is 0 Å². The van der Waals surface area contributed by atoms with Crippen LogP contribution in [0.3, 0.4) is 0 Å². The summed E-state index contributed by atoms with van der Waals surface area (Å²) >= 11 is 5.44.